The molecular weight excluding hydrogens is 318 g/mol. The van der Waals surface area contributed by atoms with Crippen molar-refractivity contribution in [2.75, 3.05) is 6.54 Å². The van der Waals surface area contributed by atoms with E-state index in [2.05, 4.69) is 22.3 Å². The Morgan fingerprint density at radius 2 is 1.96 bits per heavy atom. The highest BCUT2D eigenvalue weighted by atomic mass is 19.3. The van der Waals surface area contributed by atoms with Gasteiger partial charge in [-0.05, 0) is 36.5 Å². The highest BCUT2D eigenvalue weighted by Gasteiger charge is 2.22. The number of benzene rings is 1. The van der Waals surface area contributed by atoms with Crippen molar-refractivity contribution in [1.29, 1.82) is 0 Å². The van der Waals surface area contributed by atoms with Gasteiger partial charge in [0.05, 0.1) is 6.10 Å². The van der Waals surface area contributed by atoms with Gasteiger partial charge in [0, 0.05) is 12.6 Å². The van der Waals surface area contributed by atoms with Gasteiger partial charge in [0.2, 0.25) is 0 Å². The summed E-state index contributed by atoms with van der Waals surface area (Å²) >= 11 is 0. The van der Waals surface area contributed by atoms with Crippen LogP contribution in [0.2, 0.25) is 0 Å². The lowest BCUT2D eigenvalue weighted by atomic mass is 9.86. The summed E-state index contributed by atoms with van der Waals surface area (Å²) in [5, 5.41) is 15.7. The number of hydrogen-bond acceptors (Lipinski definition) is 3. The summed E-state index contributed by atoms with van der Waals surface area (Å²) in [4.78, 5) is 11.9. The molecule has 0 spiro atoms. The molecule has 7 heteroatoms. The third kappa shape index (κ3) is 5.63. The number of ether oxygens (including phenoxy) is 1. The molecular formula is C17H24F2N2O3. The number of carbonyl (C=O) groups is 1. The highest BCUT2D eigenvalue weighted by molar-refractivity contribution is 5.74. The number of nitrogens with one attached hydrogen (secondary N) is 2. The number of rotatable bonds is 6. The summed E-state index contributed by atoms with van der Waals surface area (Å²) in [5.41, 5.74) is 0.517. The second kappa shape index (κ2) is 8.82. The molecule has 2 rings (SSSR count). The third-order valence-electron chi connectivity index (χ3n) is 4.37. The number of carbonyl (C=O) groups excluding carboxylic acids is 1. The third-order valence-corrected chi connectivity index (χ3v) is 4.37. The topological polar surface area (TPSA) is 70.6 Å². The van der Waals surface area contributed by atoms with E-state index in [1.165, 1.54) is 30.7 Å². The van der Waals surface area contributed by atoms with Crippen molar-refractivity contribution in [3.05, 3.63) is 29.8 Å². The van der Waals surface area contributed by atoms with Gasteiger partial charge in [-0.3, -0.25) is 0 Å². The van der Waals surface area contributed by atoms with Crippen LogP contribution in [0.1, 0.15) is 44.3 Å². The van der Waals surface area contributed by atoms with Gasteiger partial charge in [-0.1, -0.05) is 31.9 Å². The molecule has 0 aromatic heterocycles. The first-order valence-corrected chi connectivity index (χ1v) is 8.23. The van der Waals surface area contributed by atoms with Crippen LogP contribution in [-0.4, -0.2) is 30.3 Å². The molecule has 0 bridgehead atoms. The Hall–Kier alpha value is -1.89. The van der Waals surface area contributed by atoms with Gasteiger partial charge in [-0.15, -0.1) is 0 Å². The van der Waals surface area contributed by atoms with Crippen LogP contribution in [0.25, 0.3) is 0 Å². The van der Waals surface area contributed by atoms with Crippen molar-refractivity contribution in [3.8, 4) is 5.75 Å². The lowest BCUT2D eigenvalue weighted by molar-refractivity contribution is -0.0498. The Morgan fingerprint density at radius 3 is 2.58 bits per heavy atom. The van der Waals surface area contributed by atoms with Crippen molar-refractivity contribution < 1.29 is 23.4 Å². The fourth-order valence-electron chi connectivity index (χ4n) is 2.93. The SMILES string of the molecule is CC1CCCCC1NC(=O)NCC(O)c1ccc(OC(F)F)cc1. The van der Waals surface area contributed by atoms with Crippen LogP contribution >= 0.6 is 0 Å². The van der Waals surface area contributed by atoms with E-state index in [1.807, 2.05) is 0 Å². The zero-order chi connectivity index (χ0) is 17.5. The summed E-state index contributed by atoms with van der Waals surface area (Å²) in [5.74, 6) is 0.481. The molecule has 1 aliphatic carbocycles. The molecule has 2 amide bonds. The van der Waals surface area contributed by atoms with Crippen LogP contribution in [0.5, 0.6) is 5.75 Å². The molecule has 3 N–H and O–H groups in total. The van der Waals surface area contributed by atoms with Crippen LogP contribution in [0.15, 0.2) is 24.3 Å². The maximum absolute atomic E-state index is 12.1. The van der Waals surface area contributed by atoms with Crippen LogP contribution in [0.4, 0.5) is 13.6 Å². The molecule has 24 heavy (non-hydrogen) atoms. The number of hydrogen-bond donors (Lipinski definition) is 3. The lowest BCUT2D eigenvalue weighted by Crippen LogP contribution is -2.46. The molecule has 1 saturated carbocycles. The molecule has 134 valence electrons. The van der Waals surface area contributed by atoms with E-state index in [0.717, 1.165) is 19.3 Å². The smallest absolute Gasteiger partial charge is 0.387 e. The van der Waals surface area contributed by atoms with Gasteiger partial charge >= 0.3 is 12.6 Å². The predicted octanol–water partition coefficient (Wildman–Crippen LogP) is 3.20. The van der Waals surface area contributed by atoms with Gasteiger partial charge in [0.1, 0.15) is 5.75 Å². The van der Waals surface area contributed by atoms with Crippen molar-refractivity contribution in [2.45, 2.75) is 51.4 Å². The maximum atomic E-state index is 12.1. The minimum absolute atomic E-state index is 0.0259. The molecule has 1 fully saturated rings. The molecule has 0 aliphatic heterocycles. The Balaban J connectivity index is 1.77. The van der Waals surface area contributed by atoms with Gasteiger partial charge < -0.3 is 20.5 Å². The van der Waals surface area contributed by atoms with E-state index in [4.69, 9.17) is 0 Å². The molecule has 1 aliphatic rings. The Morgan fingerprint density at radius 1 is 1.29 bits per heavy atom. The first kappa shape index (κ1) is 18.4. The number of amides is 2. The molecule has 3 atom stereocenters. The summed E-state index contributed by atoms with van der Waals surface area (Å²) in [7, 11) is 0. The largest absolute Gasteiger partial charge is 0.435 e. The van der Waals surface area contributed by atoms with Crippen LogP contribution in [0, 0.1) is 5.92 Å². The van der Waals surface area contributed by atoms with Crippen LogP contribution < -0.4 is 15.4 Å². The van der Waals surface area contributed by atoms with Crippen molar-refractivity contribution in [1.82, 2.24) is 10.6 Å². The first-order chi connectivity index (χ1) is 11.5. The molecule has 0 radical (unpaired) electrons. The van der Waals surface area contributed by atoms with Crippen LogP contribution in [-0.2, 0) is 0 Å². The summed E-state index contributed by atoms with van der Waals surface area (Å²) in [6.07, 6.45) is 3.49. The molecule has 1 aromatic rings. The molecule has 1 aromatic carbocycles. The van der Waals surface area contributed by atoms with Crippen molar-refractivity contribution in [3.63, 3.8) is 0 Å². The first-order valence-electron chi connectivity index (χ1n) is 8.23. The van der Waals surface area contributed by atoms with Gasteiger partial charge in [-0.25, -0.2) is 4.79 Å². The second-order valence-corrected chi connectivity index (χ2v) is 6.19. The van der Waals surface area contributed by atoms with Gasteiger partial charge in [0.15, 0.2) is 0 Å². The normalized spacial score (nSPS) is 22.0. The molecule has 5 nitrogen and oxygen atoms in total. The van der Waals surface area contributed by atoms with Gasteiger partial charge in [-0.2, -0.15) is 8.78 Å². The van der Waals surface area contributed by atoms with Crippen molar-refractivity contribution >= 4 is 6.03 Å². The summed E-state index contributed by atoms with van der Waals surface area (Å²) in [6.45, 7) is -0.711. The number of halogens is 2. The van der Waals surface area contributed by atoms with E-state index >= 15 is 0 Å². The fourth-order valence-corrected chi connectivity index (χ4v) is 2.93. The lowest BCUT2D eigenvalue weighted by Gasteiger charge is -2.29. The fraction of sp³-hybridized carbons (Fsp3) is 0.588. The standard InChI is InChI=1S/C17H24F2N2O3/c1-11-4-2-3-5-14(11)21-17(23)20-10-15(22)12-6-8-13(9-7-12)24-16(18)19/h6-9,11,14-16,22H,2-5,10H2,1H3,(H2,20,21,23). The predicted molar refractivity (Wildman–Crippen MR) is 86.0 cm³/mol. The summed E-state index contributed by atoms with van der Waals surface area (Å²) in [6, 6.07) is 5.56. The minimum Gasteiger partial charge on any atom is -0.435 e. The highest BCUT2D eigenvalue weighted by Crippen LogP contribution is 2.23. The van der Waals surface area contributed by atoms with E-state index in [0.29, 0.717) is 11.5 Å². The quantitative estimate of drug-likeness (QED) is 0.743. The Bertz CT molecular complexity index is 525. The van der Waals surface area contributed by atoms with E-state index in [9.17, 15) is 18.7 Å². The second-order valence-electron chi connectivity index (χ2n) is 6.19. The minimum atomic E-state index is -2.88. The van der Waals surface area contributed by atoms with E-state index in [1.54, 1.807) is 0 Å². The molecule has 3 unspecified atom stereocenters. The number of urea groups is 1. The Kier molecular flexibility index (Phi) is 6.78. The van der Waals surface area contributed by atoms with Crippen molar-refractivity contribution in [2.24, 2.45) is 5.92 Å². The monoisotopic (exact) mass is 342 g/mol. The number of aliphatic hydroxyl groups is 1. The van der Waals surface area contributed by atoms with E-state index in [-0.39, 0.29) is 24.4 Å². The summed E-state index contributed by atoms with van der Waals surface area (Å²) < 4.78 is 28.4. The maximum Gasteiger partial charge on any atom is 0.387 e. The Labute approximate surface area is 140 Å². The number of alkyl halides is 2. The number of aliphatic hydroxyl groups excluding tert-OH is 1. The van der Waals surface area contributed by atoms with Gasteiger partial charge in [0.25, 0.3) is 0 Å². The molecule has 0 saturated heterocycles. The molecule has 0 heterocycles. The van der Waals surface area contributed by atoms with Crippen LogP contribution in [0.3, 0.4) is 0 Å². The average Bonchev–Trinajstić information content (AvgIpc) is 2.55. The zero-order valence-corrected chi connectivity index (χ0v) is 13.7. The van der Waals surface area contributed by atoms with E-state index < -0.39 is 12.7 Å². The zero-order valence-electron chi connectivity index (χ0n) is 13.7. The average molecular weight is 342 g/mol.